The first-order chi connectivity index (χ1) is 7.42. The average Bonchev–Trinajstić information content (AvgIpc) is 2.27. The summed E-state index contributed by atoms with van der Waals surface area (Å²) >= 11 is 0. The van der Waals surface area contributed by atoms with Crippen LogP contribution in [0.5, 0.6) is 0 Å². The van der Waals surface area contributed by atoms with Crippen molar-refractivity contribution in [3.63, 3.8) is 0 Å². The van der Waals surface area contributed by atoms with E-state index >= 15 is 0 Å². The zero-order valence-corrected chi connectivity index (χ0v) is 10.5. The molecule has 90 valence electrons. The average molecular weight is 223 g/mol. The second-order valence-corrected chi connectivity index (χ2v) is 4.54. The molecule has 16 heavy (non-hydrogen) atoms. The number of nitrogens with one attached hydrogen (secondary N) is 1. The minimum absolute atomic E-state index is 0.120. The van der Waals surface area contributed by atoms with Gasteiger partial charge in [0.1, 0.15) is 5.82 Å². The molecule has 3 N–H and O–H groups in total. The molecule has 4 nitrogen and oxygen atoms in total. The summed E-state index contributed by atoms with van der Waals surface area (Å²) in [5.41, 5.74) is 6.38. The third-order valence-corrected chi connectivity index (χ3v) is 3.09. The van der Waals surface area contributed by atoms with Crippen LogP contribution >= 0.6 is 0 Å². The fourth-order valence-corrected chi connectivity index (χ4v) is 1.59. The molecule has 1 rings (SSSR count). The van der Waals surface area contributed by atoms with Crippen LogP contribution in [-0.2, 0) is 5.54 Å². The van der Waals surface area contributed by atoms with Crippen LogP contribution in [0.2, 0.25) is 0 Å². The third kappa shape index (κ3) is 2.50. The fraction of sp³-hybridized carbons (Fsp3) is 0.667. The standard InChI is InChI=1S/C12H21N3O/c1-5-12(13,6-2)11-14-9(8(3)4)7-10(16)15-11/h7-8H,5-6,13H2,1-4H3,(H,14,15,16). The minimum Gasteiger partial charge on any atom is -0.319 e. The van der Waals surface area contributed by atoms with Crippen molar-refractivity contribution in [1.82, 2.24) is 9.97 Å². The molecule has 0 fully saturated rings. The maximum atomic E-state index is 11.5. The summed E-state index contributed by atoms with van der Waals surface area (Å²) in [7, 11) is 0. The summed E-state index contributed by atoms with van der Waals surface area (Å²) in [6.07, 6.45) is 1.52. The van der Waals surface area contributed by atoms with Gasteiger partial charge in [-0.3, -0.25) is 4.79 Å². The van der Waals surface area contributed by atoms with E-state index in [1.807, 2.05) is 27.7 Å². The zero-order chi connectivity index (χ0) is 12.3. The number of H-pyrrole nitrogens is 1. The molecule has 0 atom stereocenters. The van der Waals surface area contributed by atoms with Crippen molar-refractivity contribution in [1.29, 1.82) is 0 Å². The largest absolute Gasteiger partial charge is 0.319 e. The molecule has 4 heteroatoms. The number of rotatable bonds is 4. The van der Waals surface area contributed by atoms with E-state index in [2.05, 4.69) is 9.97 Å². The summed E-state index contributed by atoms with van der Waals surface area (Å²) in [6.45, 7) is 8.04. The molecule has 0 spiro atoms. The van der Waals surface area contributed by atoms with E-state index in [4.69, 9.17) is 5.73 Å². The van der Waals surface area contributed by atoms with Crippen molar-refractivity contribution in [2.24, 2.45) is 5.73 Å². The van der Waals surface area contributed by atoms with Crippen LogP contribution in [0.15, 0.2) is 10.9 Å². The van der Waals surface area contributed by atoms with E-state index < -0.39 is 5.54 Å². The Balaban J connectivity index is 3.29. The Hall–Kier alpha value is -1.16. The lowest BCUT2D eigenvalue weighted by Gasteiger charge is -2.25. The third-order valence-electron chi connectivity index (χ3n) is 3.09. The van der Waals surface area contributed by atoms with Gasteiger partial charge < -0.3 is 10.7 Å². The molecule has 0 amide bonds. The quantitative estimate of drug-likeness (QED) is 0.818. The summed E-state index contributed by atoms with van der Waals surface area (Å²) in [6, 6.07) is 1.54. The lowest BCUT2D eigenvalue weighted by Crippen LogP contribution is -2.39. The van der Waals surface area contributed by atoms with Crippen molar-refractivity contribution >= 4 is 0 Å². The second kappa shape index (κ2) is 4.78. The SMILES string of the molecule is CCC(N)(CC)c1nc(C(C)C)cc(=O)[nH]1. The Kier molecular flexibility index (Phi) is 3.86. The van der Waals surface area contributed by atoms with Gasteiger partial charge in [-0.1, -0.05) is 27.7 Å². The molecule has 0 aliphatic rings. The van der Waals surface area contributed by atoms with Gasteiger partial charge in [0.25, 0.3) is 5.56 Å². The van der Waals surface area contributed by atoms with E-state index in [0.29, 0.717) is 5.82 Å². The molecule has 1 aromatic rings. The first-order valence-corrected chi connectivity index (χ1v) is 5.83. The molecule has 0 aromatic carbocycles. The first kappa shape index (κ1) is 12.9. The van der Waals surface area contributed by atoms with Gasteiger partial charge >= 0.3 is 0 Å². The number of hydrogen-bond donors (Lipinski definition) is 2. The highest BCUT2D eigenvalue weighted by molar-refractivity contribution is 5.12. The molecule has 0 saturated carbocycles. The van der Waals surface area contributed by atoms with Gasteiger partial charge in [0.15, 0.2) is 0 Å². The van der Waals surface area contributed by atoms with E-state index in [9.17, 15) is 4.79 Å². The van der Waals surface area contributed by atoms with Crippen LogP contribution < -0.4 is 11.3 Å². The molecule has 0 saturated heterocycles. The lowest BCUT2D eigenvalue weighted by molar-refractivity contribution is 0.384. The highest BCUT2D eigenvalue weighted by atomic mass is 16.1. The monoisotopic (exact) mass is 223 g/mol. The van der Waals surface area contributed by atoms with Crippen molar-refractivity contribution < 1.29 is 0 Å². The van der Waals surface area contributed by atoms with Crippen molar-refractivity contribution in [3.8, 4) is 0 Å². The summed E-state index contributed by atoms with van der Waals surface area (Å²) in [5.74, 6) is 0.840. The number of nitrogens with zero attached hydrogens (tertiary/aromatic N) is 1. The van der Waals surface area contributed by atoms with Crippen LogP contribution in [0, 0.1) is 0 Å². The van der Waals surface area contributed by atoms with Gasteiger partial charge in [0.05, 0.1) is 11.2 Å². The summed E-state index contributed by atoms with van der Waals surface area (Å²) < 4.78 is 0. The lowest BCUT2D eigenvalue weighted by atomic mass is 9.93. The number of hydrogen-bond acceptors (Lipinski definition) is 3. The minimum atomic E-state index is -0.524. The van der Waals surface area contributed by atoms with Gasteiger partial charge in [-0.15, -0.1) is 0 Å². The molecule has 0 unspecified atom stereocenters. The number of nitrogens with two attached hydrogens (primary N) is 1. The maximum Gasteiger partial charge on any atom is 0.251 e. The van der Waals surface area contributed by atoms with Gasteiger partial charge in [-0.25, -0.2) is 4.98 Å². The van der Waals surface area contributed by atoms with Crippen LogP contribution in [0.3, 0.4) is 0 Å². The molecule has 1 aromatic heterocycles. The second-order valence-electron chi connectivity index (χ2n) is 4.54. The van der Waals surface area contributed by atoms with Crippen LogP contribution in [0.1, 0.15) is 58.0 Å². The Labute approximate surface area is 96.3 Å². The molecular weight excluding hydrogens is 202 g/mol. The van der Waals surface area contributed by atoms with E-state index in [1.54, 1.807) is 6.07 Å². The van der Waals surface area contributed by atoms with Crippen LogP contribution in [0.4, 0.5) is 0 Å². The first-order valence-electron chi connectivity index (χ1n) is 5.83. The zero-order valence-electron chi connectivity index (χ0n) is 10.5. The topological polar surface area (TPSA) is 71.8 Å². The van der Waals surface area contributed by atoms with E-state index in [0.717, 1.165) is 18.5 Å². The Morgan fingerprint density at radius 2 is 2.00 bits per heavy atom. The predicted molar refractivity (Wildman–Crippen MR) is 65.4 cm³/mol. The van der Waals surface area contributed by atoms with Gasteiger partial charge in [-0.05, 0) is 18.8 Å². The Bertz CT molecular complexity index is 405. The van der Waals surface area contributed by atoms with Crippen LogP contribution in [-0.4, -0.2) is 9.97 Å². The molecule has 0 aliphatic heterocycles. The fourth-order valence-electron chi connectivity index (χ4n) is 1.59. The predicted octanol–water partition coefficient (Wildman–Crippen LogP) is 1.87. The molecular formula is C12H21N3O. The molecule has 0 aliphatic carbocycles. The van der Waals surface area contributed by atoms with Crippen molar-refractivity contribution in [3.05, 3.63) is 27.9 Å². The van der Waals surface area contributed by atoms with E-state index in [-0.39, 0.29) is 11.5 Å². The van der Waals surface area contributed by atoms with Crippen LogP contribution in [0.25, 0.3) is 0 Å². The number of aromatic nitrogens is 2. The Morgan fingerprint density at radius 1 is 1.44 bits per heavy atom. The summed E-state index contributed by atoms with van der Waals surface area (Å²) in [4.78, 5) is 18.8. The molecule has 0 radical (unpaired) electrons. The van der Waals surface area contributed by atoms with Crippen molar-refractivity contribution in [2.75, 3.05) is 0 Å². The maximum absolute atomic E-state index is 11.5. The molecule has 1 heterocycles. The molecule has 0 bridgehead atoms. The van der Waals surface area contributed by atoms with E-state index in [1.165, 1.54) is 0 Å². The summed E-state index contributed by atoms with van der Waals surface area (Å²) in [5, 5.41) is 0. The normalized spacial score (nSPS) is 12.1. The highest BCUT2D eigenvalue weighted by Crippen LogP contribution is 2.22. The van der Waals surface area contributed by atoms with Gasteiger partial charge in [-0.2, -0.15) is 0 Å². The van der Waals surface area contributed by atoms with Crippen molar-refractivity contribution in [2.45, 2.75) is 52.0 Å². The van der Waals surface area contributed by atoms with Gasteiger partial charge in [0, 0.05) is 6.07 Å². The van der Waals surface area contributed by atoms with Gasteiger partial charge in [0.2, 0.25) is 0 Å². The highest BCUT2D eigenvalue weighted by Gasteiger charge is 2.26. The number of aromatic amines is 1. The smallest absolute Gasteiger partial charge is 0.251 e. The Morgan fingerprint density at radius 3 is 2.44 bits per heavy atom.